The van der Waals surface area contributed by atoms with E-state index in [1.165, 1.54) is 10.6 Å². The largest absolute Gasteiger partial charge is 0.276 e. The average Bonchev–Trinajstić information content (AvgIpc) is 2.76. The second kappa shape index (κ2) is 4.48. The molecule has 0 spiro atoms. The molecule has 1 fully saturated rings. The Bertz CT molecular complexity index is 746. The summed E-state index contributed by atoms with van der Waals surface area (Å²) < 4.78 is 24.1. The second-order valence-corrected chi connectivity index (χ2v) is 7.33. The maximum Gasteiger partial charge on any atom is 0.271 e. The topological polar surface area (TPSA) is 84.3 Å². The molecule has 1 aliphatic rings. The molecular weight excluding hydrogens is 266 g/mol. The van der Waals surface area contributed by atoms with Gasteiger partial charge in [-0.2, -0.15) is 0 Å². The van der Waals surface area contributed by atoms with Crippen molar-refractivity contribution >= 4 is 15.5 Å². The molecule has 0 aliphatic carbocycles. The first kappa shape index (κ1) is 12.4. The normalized spacial score (nSPS) is 19.8. The Balaban J connectivity index is 1.79. The van der Waals surface area contributed by atoms with E-state index >= 15 is 0 Å². The molecule has 0 radical (unpaired) electrons. The lowest BCUT2D eigenvalue weighted by atomic mass is 9.99. The lowest BCUT2D eigenvalue weighted by Gasteiger charge is -2.20. The Morgan fingerprint density at radius 1 is 1.32 bits per heavy atom. The van der Waals surface area contributed by atoms with Crippen molar-refractivity contribution < 1.29 is 8.42 Å². The van der Waals surface area contributed by atoms with Crippen LogP contribution in [0.4, 0.5) is 0 Å². The molecule has 1 N–H and O–H groups in total. The van der Waals surface area contributed by atoms with Gasteiger partial charge in [-0.05, 0) is 24.8 Å². The van der Waals surface area contributed by atoms with Crippen molar-refractivity contribution in [3.8, 4) is 0 Å². The SMILES string of the molecule is O=c1cccc2nc(CC3CCS(=O)(=O)CC3)[nH]n12. The summed E-state index contributed by atoms with van der Waals surface area (Å²) >= 11 is 0. The van der Waals surface area contributed by atoms with Gasteiger partial charge in [0.2, 0.25) is 0 Å². The van der Waals surface area contributed by atoms with Crippen molar-refractivity contribution in [1.29, 1.82) is 0 Å². The second-order valence-electron chi connectivity index (χ2n) is 5.03. The van der Waals surface area contributed by atoms with Gasteiger partial charge in [0.05, 0.1) is 11.5 Å². The first-order valence-corrected chi connectivity index (χ1v) is 8.13. The summed E-state index contributed by atoms with van der Waals surface area (Å²) in [6.45, 7) is 0. The predicted octanol–water partition coefficient (Wildman–Crippen LogP) is 0.390. The number of H-pyrrole nitrogens is 1. The van der Waals surface area contributed by atoms with Gasteiger partial charge in [0.25, 0.3) is 5.56 Å². The molecule has 0 amide bonds. The third-order valence-electron chi connectivity index (χ3n) is 3.58. The maximum atomic E-state index is 11.6. The lowest BCUT2D eigenvalue weighted by Crippen LogP contribution is -2.24. The van der Waals surface area contributed by atoms with Crippen LogP contribution >= 0.6 is 0 Å². The highest BCUT2D eigenvalue weighted by Crippen LogP contribution is 2.21. The van der Waals surface area contributed by atoms with Gasteiger partial charge in [-0.3, -0.25) is 9.89 Å². The van der Waals surface area contributed by atoms with E-state index in [9.17, 15) is 13.2 Å². The quantitative estimate of drug-likeness (QED) is 0.863. The van der Waals surface area contributed by atoms with Crippen molar-refractivity contribution in [3.63, 3.8) is 0 Å². The molecule has 0 saturated carbocycles. The number of nitrogens with one attached hydrogen (secondary N) is 1. The van der Waals surface area contributed by atoms with Gasteiger partial charge >= 0.3 is 0 Å². The van der Waals surface area contributed by atoms with E-state index in [0.717, 1.165) is 5.82 Å². The zero-order chi connectivity index (χ0) is 13.5. The molecule has 0 atom stereocenters. The van der Waals surface area contributed by atoms with Gasteiger partial charge in [0.1, 0.15) is 15.7 Å². The molecule has 1 saturated heterocycles. The minimum Gasteiger partial charge on any atom is -0.276 e. The number of pyridine rings is 1. The van der Waals surface area contributed by atoms with Crippen molar-refractivity contribution in [2.24, 2.45) is 5.92 Å². The zero-order valence-electron chi connectivity index (χ0n) is 10.4. The summed E-state index contributed by atoms with van der Waals surface area (Å²) in [5.41, 5.74) is 0.466. The van der Waals surface area contributed by atoms with Gasteiger partial charge in [-0.1, -0.05) is 6.07 Å². The number of fused-ring (bicyclic) bond motifs is 1. The summed E-state index contributed by atoms with van der Waals surface area (Å²) in [7, 11) is -2.83. The molecule has 2 aromatic heterocycles. The smallest absolute Gasteiger partial charge is 0.271 e. The summed E-state index contributed by atoms with van der Waals surface area (Å²) in [5.74, 6) is 1.59. The predicted molar refractivity (Wildman–Crippen MR) is 70.9 cm³/mol. The number of hydrogen-bond donors (Lipinski definition) is 1. The number of aromatic amines is 1. The molecule has 6 nitrogen and oxygen atoms in total. The van der Waals surface area contributed by atoms with Crippen molar-refractivity contribution in [1.82, 2.24) is 14.6 Å². The fraction of sp³-hybridized carbons (Fsp3) is 0.500. The van der Waals surface area contributed by atoms with E-state index in [2.05, 4.69) is 10.1 Å². The number of rotatable bonds is 2. The van der Waals surface area contributed by atoms with Crippen LogP contribution in [-0.4, -0.2) is 34.5 Å². The monoisotopic (exact) mass is 281 g/mol. The van der Waals surface area contributed by atoms with Crippen LogP contribution in [-0.2, 0) is 16.3 Å². The minimum absolute atomic E-state index is 0.137. The Morgan fingerprint density at radius 3 is 2.74 bits per heavy atom. The molecule has 3 heterocycles. The highest BCUT2D eigenvalue weighted by atomic mass is 32.2. The Hall–Kier alpha value is -1.63. The molecule has 3 rings (SSSR count). The van der Waals surface area contributed by atoms with Crippen LogP contribution in [0.15, 0.2) is 23.0 Å². The van der Waals surface area contributed by atoms with Crippen molar-refractivity contribution in [2.45, 2.75) is 19.3 Å². The molecule has 102 valence electrons. The first-order valence-electron chi connectivity index (χ1n) is 6.31. The molecule has 0 aromatic carbocycles. The van der Waals surface area contributed by atoms with Crippen LogP contribution in [0, 0.1) is 5.92 Å². The number of hydrogen-bond acceptors (Lipinski definition) is 4. The molecule has 19 heavy (non-hydrogen) atoms. The number of sulfone groups is 1. The fourth-order valence-corrected chi connectivity index (χ4v) is 4.07. The fourth-order valence-electron chi connectivity index (χ4n) is 2.48. The minimum atomic E-state index is -2.83. The Morgan fingerprint density at radius 2 is 2.05 bits per heavy atom. The van der Waals surface area contributed by atoms with Crippen LogP contribution in [0.1, 0.15) is 18.7 Å². The van der Waals surface area contributed by atoms with Gasteiger partial charge in [0.15, 0.2) is 5.65 Å². The number of aromatic nitrogens is 3. The van der Waals surface area contributed by atoms with Gasteiger partial charge in [-0.15, -0.1) is 0 Å². The van der Waals surface area contributed by atoms with E-state index in [1.807, 2.05) is 0 Å². The van der Waals surface area contributed by atoms with E-state index in [4.69, 9.17) is 0 Å². The summed E-state index contributed by atoms with van der Waals surface area (Å²) in [6, 6.07) is 4.92. The number of nitrogens with zero attached hydrogens (tertiary/aromatic N) is 2. The molecule has 1 aliphatic heterocycles. The molecule has 7 heteroatoms. The summed E-state index contributed by atoms with van der Waals surface area (Å²) in [4.78, 5) is 15.9. The standard InChI is InChI=1S/C12H15N3O3S/c16-12-3-1-2-11-13-10(14-15(11)12)8-9-4-6-19(17,18)7-5-9/h1-3,9H,4-8H2,(H,13,14). The van der Waals surface area contributed by atoms with Crippen molar-refractivity contribution in [2.75, 3.05) is 11.5 Å². The van der Waals surface area contributed by atoms with Gasteiger partial charge in [0, 0.05) is 12.5 Å². The van der Waals surface area contributed by atoms with Crippen molar-refractivity contribution in [3.05, 3.63) is 34.4 Å². The molecule has 2 aromatic rings. The molecular formula is C12H15N3O3S. The zero-order valence-corrected chi connectivity index (χ0v) is 11.2. The highest BCUT2D eigenvalue weighted by Gasteiger charge is 2.24. The van der Waals surface area contributed by atoms with Crippen LogP contribution in [0.5, 0.6) is 0 Å². The lowest BCUT2D eigenvalue weighted by molar-refractivity contribution is 0.454. The van der Waals surface area contributed by atoms with Gasteiger partial charge < -0.3 is 0 Å². The van der Waals surface area contributed by atoms with E-state index in [-0.39, 0.29) is 17.1 Å². The van der Waals surface area contributed by atoms with Crippen LogP contribution in [0.2, 0.25) is 0 Å². The summed E-state index contributed by atoms with van der Waals surface area (Å²) in [5, 5.41) is 2.98. The van der Waals surface area contributed by atoms with E-state index in [0.29, 0.717) is 30.8 Å². The first-order chi connectivity index (χ1) is 9.03. The Kier molecular flexibility index (Phi) is 2.93. The highest BCUT2D eigenvalue weighted by molar-refractivity contribution is 7.91. The maximum absolute atomic E-state index is 11.6. The van der Waals surface area contributed by atoms with E-state index < -0.39 is 9.84 Å². The average molecular weight is 281 g/mol. The third kappa shape index (κ3) is 2.56. The Labute approximate surface area is 110 Å². The molecule has 0 unspecified atom stereocenters. The van der Waals surface area contributed by atoms with Crippen LogP contribution in [0.25, 0.3) is 5.65 Å². The molecule has 0 bridgehead atoms. The van der Waals surface area contributed by atoms with Crippen LogP contribution in [0.3, 0.4) is 0 Å². The van der Waals surface area contributed by atoms with Gasteiger partial charge in [-0.25, -0.2) is 17.9 Å². The third-order valence-corrected chi connectivity index (χ3v) is 5.30. The van der Waals surface area contributed by atoms with Crippen LogP contribution < -0.4 is 5.56 Å². The van der Waals surface area contributed by atoms with E-state index in [1.54, 1.807) is 12.1 Å². The summed E-state index contributed by atoms with van der Waals surface area (Å²) in [6.07, 6.45) is 2.04.